The van der Waals surface area contributed by atoms with Crippen LogP contribution in [0, 0.1) is 13.8 Å². The van der Waals surface area contributed by atoms with Crippen molar-refractivity contribution in [3.05, 3.63) is 76.9 Å². The van der Waals surface area contributed by atoms with Crippen LogP contribution in [0.5, 0.6) is 0 Å². The molecule has 5 rings (SSSR count). The maximum atomic E-state index is 13.2. The third-order valence-corrected chi connectivity index (χ3v) is 7.92. The van der Waals surface area contributed by atoms with Gasteiger partial charge in [-0.15, -0.1) is 5.10 Å². The maximum Gasteiger partial charge on any atom is 0.237 e. The number of carbonyl (C=O) groups excluding carboxylic acids is 1. The predicted octanol–water partition coefficient (Wildman–Crippen LogP) is 5.47. The molecule has 1 atom stereocenters. The number of rotatable bonds is 9. The van der Waals surface area contributed by atoms with Crippen molar-refractivity contribution < 1.29 is 4.79 Å². The second-order valence-corrected chi connectivity index (χ2v) is 10.3. The van der Waals surface area contributed by atoms with Crippen molar-refractivity contribution in [2.75, 3.05) is 5.32 Å². The van der Waals surface area contributed by atoms with E-state index in [1.165, 1.54) is 22.9 Å². The van der Waals surface area contributed by atoms with Crippen LogP contribution in [0.15, 0.2) is 53.7 Å². The predicted molar refractivity (Wildman–Crippen MR) is 148 cm³/mol. The molecular weight excluding hydrogens is 482 g/mol. The van der Waals surface area contributed by atoms with Gasteiger partial charge in [0.1, 0.15) is 0 Å². The van der Waals surface area contributed by atoms with Crippen LogP contribution in [-0.4, -0.2) is 40.9 Å². The number of hydrogen-bond acceptors (Lipinski definition) is 6. The third kappa shape index (κ3) is 5.22. The van der Waals surface area contributed by atoms with Gasteiger partial charge in [-0.2, -0.15) is 9.61 Å². The molecule has 0 bridgehead atoms. The van der Waals surface area contributed by atoms with Crippen molar-refractivity contribution in [2.45, 2.75) is 63.8 Å². The summed E-state index contributed by atoms with van der Waals surface area (Å²) in [6, 6.07) is 15.9. The van der Waals surface area contributed by atoms with E-state index in [0.717, 1.165) is 52.3 Å². The molecule has 3 aromatic heterocycles. The van der Waals surface area contributed by atoms with Gasteiger partial charge in [-0.3, -0.25) is 9.89 Å². The minimum absolute atomic E-state index is 0.0499. The Morgan fingerprint density at radius 1 is 1.05 bits per heavy atom. The highest BCUT2D eigenvalue weighted by Gasteiger charge is 2.23. The second kappa shape index (κ2) is 10.7. The number of anilines is 1. The number of thioether (sulfide) groups is 1. The number of benzene rings is 2. The largest absolute Gasteiger partial charge is 0.325 e. The summed E-state index contributed by atoms with van der Waals surface area (Å²) in [7, 11) is 0. The number of nitrogens with zero attached hydrogens (tertiary/aromatic N) is 5. The highest BCUT2D eigenvalue weighted by Crippen LogP contribution is 2.29. The Kier molecular flexibility index (Phi) is 7.23. The van der Waals surface area contributed by atoms with E-state index in [4.69, 9.17) is 15.1 Å². The lowest BCUT2D eigenvalue weighted by Gasteiger charge is -2.15. The van der Waals surface area contributed by atoms with Crippen LogP contribution in [0.2, 0.25) is 0 Å². The standard InChI is InChI=1S/C28H31N7OS/c1-5-19-11-13-20(14-12-19)29-27(36)24(6-2)37-28-30-23-10-8-7-9-22(23)26-31-25(34-35(26)28)16-15-21-17(3)32-33-18(21)4/h7-14,24H,5-6,15-16H2,1-4H3,(H,29,36)(H,32,33). The number of carbonyl (C=O) groups is 1. The van der Waals surface area contributed by atoms with Crippen molar-refractivity contribution in [2.24, 2.45) is 0 Å². The van der Waals surface area contributed by atoms with Crippen LogP contribution in [-0.2, 0) is 24.1 Å². The Morgan fingerprint density at radius 2 is 1.84 bits per heavy atom. The zero-order chi connectivity index (χ0) is 25.9. The molecule has 1 unspecified atom stereocenters. The molecule has 3 heterocycles. The number of amides is 1. The molecule has 0 aliphatic heterocycles. The van der Waals surface area contributed by atoms with Crippen LogP contribution in [0.25, 0.3) is 16.6 Å². The Hall–Kier alpha value is -3.72. The van der Waals surface area contributed by atoms with Gasteiger partial charge in [0.25, 0.3) is 0 Å². The maximum absolute atomic E-state index is 13.2. The Bertz CT molecular complexity index is 1540. The Morgan fingerprint density at radius 3 is 2.54 bits per heavy atom. The topological polar surface area (TPSA) is 101 Å². The average Bonchev–Trinajstić information content (AvgIpc) is 3.49. The fourth-order valence-electron chi connectivity index (χ4n) is 4.43. The van der Waals surface area contributed by atoms with Crippen LogP contribution in [0.1, 0.15) is 48.6 Å². The number of H-pyrrole nitrogens is 1. The summed E-state index contributed by atoms with van der Waals surface area (Å²) < 4.78 is 1.80. The van der Waals surface area contributed by atoms with Gasteiger partial charge in [-0.1, -0.05) is 49.9 Å². The van der Waals surface area contributed by atoms with E-state index < -0.39 is 0 Å². The third-order valence-electron chi connectivity index (χ3n) is 6.61. The van der Waals surface area contributed by atoms with Gasteiger partial charge in [0.05, 0.1) is 16.5 Å². The monoisotopic (exact) mass is 513 g/mol. The molecule has 0 spiro atoms. The number of aromatic amines is 1. The highest BCUT2D eigenvalue weighted by molar-refractivity contribution is 8.00. The lowest BCUT2D eigenvalue weighted by Crippen LogP contribution is -2.25. The van der Waals surface area contributed by atoms with E-state index in [1.807, 2.05) is 69.3 Å². The number of para-hydroxylation sites is 1. The normalized spacial score (nSPS) is 12.3. The molecule has 0 saturated carbocycles. The summed E-state index contributed by atoms with van der Waals surface area (Å²) in [5, 5.41) is 16.5. The number of aryl methyl sites for hydroxylation is 4. The van der Waals surface area contributed by atoms with Gasteiger partial charge in [-0.25, -0.2) is 9.97 Å². The zero-order valence-corrected chi connectivity index (χ0v) is 22.4. The van der Waals surface area contributed by atoms with Crippen molar-refractivity contribution >= 4 is 39.9 Å². The molecule has 0 radical (unpaired) electrons. The quantitative estimate of drug-likeness (QED) is 0.200. The van der Waals surface area contributed by atoms with Crippen molar-refractivity contribution in [3.63, 3.8) is 0 Å². The first-order valence-electron chi connectivity index (χ1n) is 12.7. The SMILES string of the molecule is CCc1ccc(NC(=O)C(CC)Sc2nc3ccccc3c3nc(CCc4c(C)n[nH]c4C)nn23)cc1. The minimum Gasteiger partial charge on any atom is -0.325 e. The summed E-state index contributed by atoms with van der Waals surface area (Å²) in [5.41, 5.74) is 6.91. The van der Waals surface area contributed by atoms with Gasteiger partial charge < -0.3 is 5.32 Å². The number of fused-ring (bicyclic) bond motifs is 3. The summed E-state index contributed by atoms with van der Waals surface area (Å²) in [4.78, 5) is 23.0. The molecule has 37 heavy (non-hydrogen) atoms. The van der Waals surface area contributed by atoms with Gasteiger partial charge in [0.2, 0.25) is 5.91 Å². The zero-order valence-electron chi connectivity index (χ0n) is 21.6. The van der Waals surface area contributed by atoms with Crippen molar-refractivity contribution in [1.82, 2.24) is 29.8 Å². The van der Waals surface area contributed by atoms with E-state index in [2.05, 4.69) is 22.4 Å². The Labute approximate surface area is 220 Å². The second-order valence-electron chi connectivity index (χ2n) is 9.14. The van der Waals surface area contributed by atoms with Gasteiger partial charge >= 0.3 is 0 Å². The van der Waals surface area contributed by atoms with Crippen molar-refractivity contribution in [1.29, 1.82) is 0 Å². The molecular formula is C28H31N7OS. The Balaban J connectivity index is 1.43. The molecule has 190 valence electrons. The van der Waals surface area contributed by atoms with Crippen LogP contribution >= 0.6 is 11.8 Å². The van der Waals surface area contributed by atoms with E-state index in [-0.39, 0.29) is 11.2 Å². The summed E-state index contributed by atoms with van der Waals surface area (Å²) in [5.74, 6) is 0.694. The molecule has 0 aliphatic carbocycles. The smallest absolute Gasteiger partial charge is 0.237 e. The molecule has 0 saturated heterocycles. The molecule has 1 amide bonds. The van der Waals surface area contributed by atoms with E-state index in [0.29, 0.717) is 18.0 Å². The molecule has 2 N–H and O–H groups in total. The number of nitrogens with one attached hydrogen (secondary N) is 2. The molecule has 8 nitrogen and oxygen atoms in total. The summed E-state index contributed by atoms with van der Waals surface area (Å²) in [6.45, 7) is 8.17. The van der Waals surface area contributed by atoms with Crippen LogP contribution < -0.4 is 5.32 Å². The molecule has 5 aromatic rings. The van der Waals surface area contributed by atoms with Crippen molar-refractivity contribution in [3.8, 4) is 0 Å². The number of aromatic nitrogens is 6. The fourth-order valence-corrected chi connectivity index (χ4v) is 5.40. The van der Waals surface area contributed by atoms with E-state index >= 15 is 0 Å². The van der Waals surface area contributed by atoms with E-state index in [9.17, 15) is 4.79 Å². The fraction of sp³-hybridized carbons (Fsp3) is 0.321. The lowest BCUT2D eigenvalue weighted by atomic mass is 10.1. The van der Waals surface area contributed by atoms with Crippen LogP contribution in [0.4, 0.5) is 5.69 Å². The van der Waals surface area contributed by atoms with Gasteiger partial charge in [-0.05, 0) is 68.5 Å². The van der Waals surface area contributed by atoms with E-state index in [1.54, 1.807) is 4.52 Å². The molecule has 2 aromatic carbocycles. The summed E-state index contributed by atoms with van der Waals surface area (Å²) in [6.07, 6.45) is 3.11. The number of hydrogen-bond donors (Lipinski definition) is 2. The first-order chi connectivity index (χ1) is 18.0. The van der Waals surface area contributed by atoms with Gasteiger partial charge in [0.15, 0.2) is 16.6 Å². The molecule has 0 fully saturated rings. The summed E-state index contributed by atoms with van der Waals surface area (Å²) >= 11 is 1.42. The first kappa shape index (κ1) is 25.0. The first-order valence-corrected chi connectivity index (χ1v) is 13.6. The lowest BCUT2D eigenvalue weighted by molar-refractivity contribution is -0.115. The van der Waals surface area contributed by atoms with Gasteiger partial charge in [0, 0.05) is 23.2 Å². The minimum atomic E-state index is -0.327. The molecule has 9 heteroatoms. The van der Waals surface area contributed by atoms with Crippen LogP contribution in [0.3, 0.4) is 0 Å². The molecule has 0 aliphatic rings. The highest BCUT2D eigenvalue weighted by atomic mass is 32.2. The average molecular weight is 514 g/mol.